The molecule has 1 atom stereocenters. The van der Waals surface area contributed by atoms with E-state index < -0.39 is 48.2 Å². The number of benzene rings is 2. The number of nitrogens with zero attached hydrogens (tertiary/aromatic N) is 1. The minimum atomic E-state index is -3.18. The highest BCUT2D eigenvalue weighted by Crippen LogP contribution is 2.46. The fourth-order valence-corrected chi connectivity index (χ4v) is 4.68. The van der Waals surface area contributed by atoms with Crippen molar-refractivity contribution in [1.82, 2.24) is 10.2 Å². The van der Waals surface area contributed by atoms with Crippen molar-refractivity contribution >= 4 is 35.2 Å². The normalized spacial score (nSPS) is 16.9. The predicted molar refractivity (Wildman–Crippen MR) is 124 cm³/mol. The number of unbranched alkanes of at least 4 members (excludes halogenated alkanes) is 1. The number of carboxylic acid groups (broad SMARTS) is 1. The van der Waals surface area contributed by atoms with Gasteiger partial charge in [-0.05, 0) is 43.9 Å². The molecule has 184 valence electrons. The van der Waals surface area contributed by atoms with E-state index in [1.54, 1.807) is 6.92 Å². The van der Waals surface area contributed by atoms with E-state index in [1.165, 1.54) is 17.0 Å². The van der Waals surface area contributed by atoms with Crippen LogP contribution in [-0.2, 0) is 11.2 Å². The monoisotopic (exact) mass is 516 g/mol. The van der Waals surface area contributed by atoms with Crippen molar-refractivity contribution in [3.05, 3.63) is 69.5 Å². The number of amides is 2. The second-order valence-electron chi connectivity index (χ2n) is 8.63. The summed E-state index contributed by atoms with van der Waals surface area (Å²) in [6.07, 6.45) is -0.0587. The third kappa shape index (κ3) is 5.96. The van der Waals surface area contributed by atoms with Gasteiger partial charge >= 0.3 is 12.0 Å². The quantitative estimate of drug-likeness (QED) is 0.296. The molecule has 1 aliphatic rings. The van der Waals surface area contributed by atoms with Gasteiger partial charge in [0.2, 0.25) is 0 Å². The van der Waals surface area contributed by atoms with Gasteiger partial charge in [0, 0.05) is 30.0 Å². The number of aryl methyl sites for hydroxylation is 1. The van der Waals surface area contributed by atoms with Crippen LogP contribution in [-0.4, -0.2) is 40.0 Å². The molecule has 3 rings (SSSR count). The molecule has 1 fully saturated rings. The lowest BCUT2D eigenvalue weighted by Crippen LogP contribution is -2.68. The standard InChI is InChI=1S/C24H25Cl2F3N2O3/c1-15(18-11-17(25)12-19(26)20(18)27)31(10-6-5-9-16-7-3-2-4-8-16)22(34)30-23(21(32)33)13-24(28,29)14-23/h2-4,7-8,11-12,15H,5-6,9-10,13-14H2,1H3,(H,30,34)(H,32,33). The Bertz CT molecular complexity index is 1050. The number of nitrogens with one attached hydrogen (secondary N) is 1. The second kappa shape index (κ2) is 10.4. The Hall–Kier alpha value is -2.45. The molecular weight excluding hydrogens is 492 g/mol. The molecule has 0 aromatic heterocycles. The Morgan fingerprint density at radius 2 is 1.79 bits per heavy atom. The molecule has 10 heteroatoms. The van der Waals surface area contributed by atoms with E-state index in [-0.39, 0.29) is 22.2 Å². The van der Waals surface area contributed by atoms with Crippen molar-refractivity contribution in [2.24, 2.45) is 0 Å². The largest absolute Gasteiger partial charge is 0.479 e. The fourth-order valence-electron chi connectivity index (χ4n) is 4.18. The molecule has 2 N–H and O–H groups in total. The van der Waals surface area contributed by atoms with Gasteiger partial charge in [-0.15, -0.1) is 0 Å². The van der Waals surface area contributed by atoms with E-state index in [2.05, 4.69) is 5.32 Å². The highest BCUT2D eigenvalue weighted by atomic mass is 35.5. The van der Waals surface area contributed by atoms with Crippen LogP contribution < -0.4 is 5.32 Å². The summed E-state index contributed by atoms with van der Waals surface area (Å²) in [5.74, 6) is -5.48. The fraction of sp³-hybridized carbons (Fsp3) is 0.417. The van der Waals surface area contributed by atoms with Crippen molar-refractivity contribution < 1.29 is 27.9 Å². The molecule has 0 saturated heterocycles. The lowest BCUT2D eigenvalue weighted by Gasteiger charge is -2.45. The number of rotatable bonds is 9. The lowest BCUT2D eigenvalue weighted by atomic mass is 9.73. The summed E-state index contributed by atoms with van der Waals surface area (Å²) in [4.78, 5) is 26.1. The molecule has 1 unspecified atom stereocenters. The minimum absolute atomic E-state index is 0.0408. The minimum Gasteiger partial charge on any atom is -0.479 e. The summed E-state index contributed by atoms with van der Waals surface area (Å²) in [6, 6.07) is 10.5. The van der Waals surface area contributed by atoms with Gasteiger partial charge in [-0.1, -0.05) is 53.5 Å². The number of hydrogen-bond acceptors (Lipinski definition) is 2. The molecule has 34 heavy (non-hydrogen) atoms. The van der Waals surface area contributed by atoms with E-state index in [0.717, 1.165) is 12.0 Å². The Labute approximate surface area is 205 Å². The third-order valence-electron chi connectivity index (χ3n) is 6.03. The zero-order chi connectivity index (χ0) is 25.1. The maximum Gasteiger partial charge on any atom is 0.329 e. The van der Waals surface area contributed by atoms with Crippen molar-refractivity contribution in [2.75, 3.05) is 6.54 Å². The average molecular weight is 517 g/mol. The van der Waals surface area contributed by atoms with Gasteiger partial charge in [-0.25, -0.2) is 22.8 Å². The number of carboxylic acids is 1. The van der Waals surface area contributed by atoms with Gasteiger partial charge in [0.15, 0.2) is 5.54 Å². The zero-order valence-corrected chi connectivity index (χ0v) is 20.0. The van der Waals surface area contributed by atoms with Crippen LogP contribution in [0.15, 0.2) is 42.5 Å². The topological polar surface area (TPSA) is 69.6 Å². The van der Waals surface area contributed by atoms with E-state index in [9.17, 15) is 27.9 Å². The first kappa shape index (κ1) is 26.2. The first-order chi connectivity index (χ1) is 15.9. The molecule has 2 amide bonds. The van der Waals surface area contributed by atoms with E-state index in [0.29, 0.717) is 12.8 Å². The van der Waals surface area contributed by atoms with Gasteiger partial charge in [0.25, 0.3) is 5.92 Å². The highest BCUT2D eigenvalue weighted by molar-refractivity contribution is 6.34. The van der Waals surface area contributed by atoms with Crippen molar-refractivity contribution in [1.29, 1.82) is 0 Å². The van der Waals surface area contributed by atoms with Crippen LogP contribution in [0.4, 0.5) is 18.0 Å². The van der Waals surface area contributed by atoms with Crippen LogP contribution in [0.2, 0.25) is 10.0 Å². The number of hydrogen-bond donors (Lipinski definition) is 2. The molecule has 1 aliphatic carbocycles. The molecule has 0 aliphatic heterocycles. The SMILES string of the molecule is CC(c1cc(Cl)cc(Cl)c1F)N(CCCCc1ccccc1)C(=O)NC1(C(=O)O)CC(F)(F)C1. The van der Waals surface area contributed by atoms with Crippen LogP contribution in [0.3, 0.4) is 0 Å². The summed E-state index contributed by atoms with van der Waals surface area (Å²) in [6.45, 7) is 1.68. The Kier molecular flexibility index (Phi) is 8.03. The van der Waals surface area contributed by atoms with Crippen molar-refractivity contribution in [3.8, 4) is 0 Å². The summed E-state index contributed by atoms with van der Waals surface area (Å²) in [7, 11) is 0. The van der Waals surface area contributed by atoms with E-state index >= 15 is 0 Å². The average Bonchev–Trinajstić information content (AvgIpc) is 2.74. The molecule has 2 aromatic carbocycles. The summed E-state index contributed by atoms with van der Waals surface area (Å²) >= 11 is 11.9. The van der Waals surface area contributed by atoms with Gasteiger partial charge in [-0.3, -0.25) is 0 Å². The van der Waals surface area contributed by atoms with Gasteiger partial charge in [-0.2, -0.15) is 0 Å². The maximum atomic E-state index is 14.8. The number of halogens is 5. The van der Waals surface area contributed by atoms with Gasteiger partial charge in [0.1, 0.15) is 5.82 Å². The summed E-state index contributed by atoms with van der Waals surface area (Å²) in [5.41, 5.74) is -0.924. The number of carbonyl (C=O) groups is 2. The number of urea groups is 1. The van der Waals surface area contributed by atoms with E-state index in [4.69, 9.17) is 23.2 Å². The first-order valence-electron chi connectivity index (χ1n) is 10.8. The molecule has 0 heterocycles. The van der Waals surface area contributed by atoms with Gasteiger partial charge in [0.05, 0.1) is 11.1 Å². The Balaban J connectivity index is 1.79. The molecule has 5 nitrogen and oxygen atoms in total. The predicted octanol–water partition coefficient (Wildman–Crippen LogP) is 6.48. The second-order valence-corrected chi connectivity index (χ2v) is 9.47. The van der Waals surface area contributed by atoms with Gasteiger partial charge < -0.3 is 15.3 Å². The molecule has 2 aromatic rings. The van der Waals surface area contributed by atoms with E-state index in [1.807, 2.05) is 30.3 Å². The van der Waals surface area contributed by atoms with Crippen LogP contribution in [0.25, 0.3) is 0 Å². The van der Waals surface area contributed by atoms with Crippen LogP contribution in [0, 0.1) is 5.82 Å². The number of aliphatic carboxylic acids is 1. The Morgan fingerprint density at radius 1 is 1.15 bits per heavy atom. The summed E-state index contributed by atoms with van der Waals surface area (Å²) in [5, 5.41) is 11.7. The Morgan fingerprint density at radius 3 is 2.38 bits per heavy atom. The van der Waals surface area contributed by atoms with Crippen LogP contribution >= 0.6 is 23.2 Å². The number of carbonyl (C=O) groups excluding carboxylic acids is 1. The highest BCUT2D eigenvalue weighted by Gasteiger charge is 2.62. The molecule has 0 bridgehead atoms. The lowest BCUT2D eigenvalue weighted by molar-refractivity contribution is -0.175. The van der Waals surface area contributed by atoms with Crippen molar-refractivity contribution in [2.45, 2.75) is 56.5 Å². The van der Waals surface area contributed by atoms with Crippen molar-refractivity contribution in [3.63, 3.8) is 0 Å². The first-order valence-corrected chi connectivity index (χ1v) is 11.6. The summed E-state index contributed by atoms with van der Waals surface area (Å²) < 4.78 is 41.8. The smallest absolute Gasteiger partial charge is 0.329 e. The molecule has 1 saturated carbocycles. The molecular formula is C24H25Cl2F3N2O3. The zero-order valence-electron chi connectivity index (χ0n) is 18.5. The molecule has 0 radical (unpaired) electrons. The third-order valence-corrected chi connectivity index (χ3v) is 6.53. The maximum absolute atomic E-state index is 14.8. The van der Waals surface area contributed by atoms with Crippen LogP contribution in [0.1, 0.15) is 49.8 Å². The van der Waals surface area contributed by atoms with Crippen LogP contribution in [0.5, 0.6) is 0 Å². The molecule has 0 spiro atoms. The number of alkyl halides is 2.